The van der Waals surface area contributed by atoms with Gasteiger partial charge in [0.2, 0.25) is 5.95 Å². The third kappa shape index (κ3) is 2.78. The van der Waals surface area contributed by atoms with Crippen molar-refractivity contribution in [1.82, 2.24) is 34.6 Å². The second-order valence-electron chi connectivity index (χ2n) is 9.06. The summed E-state index contributed by atoms with van der Waals surface area (Å²) >= 11 is 0. The molecule has 0 spiro atoms. The van der Waals surface area contributed by atoms with E-state index in [-0.39, 0.29) is 11.9 Å². The lowest BCUT2D eigenvalue weighted by molar-refractivity contribution is -0.147. The Bertz CT molecular complexity index is 1160. The van der Waals surface area contributed by atoms with E-state index < -0.39 is 5.60 Å². The molecule has 3 aliphatic rings. The number of nitrogens with two attached hydrogens (primary N) is 1. The smallest absolute Gasteiger partial charge is 0.219 e. The van der Waals surface area contributed by atoms with Gasteiger partial charge in [0.05, 0.1) is 25.0 Å². The number of rotatable bonds is 3. The van der Waals surface area contributed by atoms with E-state index in [4.69, 9.17) is 30.3 Å². The van der Waals surface area contributed by atoms with E-state index in [1.54, 1.807) is 19.5 Å². The van der Waals surface area contributed by atoms with Crippen LogP contribution in [0.2, 0.25) is 0 Å². The normalized spacial score (nSPS) is 27.1. The van der Waals surface area contributed by atoms with Crippen molar-refractivity contribution in [3.8, 4) is 11.4 Å². The number of fused-ring (bicyclic) bond motifs is 5. The second-order valence-corrected chi connectivity index (χ2v) is 9.06. The Morgan fingerprint density at radius 1 is 1.16 bits per heavy atom. The molecule has 0 amide bonds. The standard InChI is InChI=1S/C21H26N8O2/c1-21(2)19-26-16-15(13-8-12-4-5-14(13)29(12)30-3)25-17(11-9-23-20(22)24-10-11)27-18(16)28(19)6-7-31-21/h9-10,12-14H,4-8H2,1-3H3,(H2,22,23,24). The lowest BCUT2D eigenvalue weighted by atomic mass is 9.86. The van der Waals surface area contributed by atoms with Gasteiger partial charge in [0.1, 0.15) is 16.9 Å². The highest BCUT2D eigenvalue weighted by Crippen LogP contribution is 2.48. The van der Waals surface area contributed by atoms with Crippen molar-refractivity contribution in [3.05, 3.63) is 23.9 Å². The van der Waals surface area contributed by atoms with Crippen molar-refractivity contribution in [1.29, 1.82) is 0 Å². The first-order valence-electron chi connectivity index (χ1n) is 10.8. The van der Waals surface area contributed by atoms with Gasteiger partial charge in [-0.25, -0.2) is 24.9 Å². The van der Waals surface area contributed by atoms with Gasteiger partial charge in [-0.05, 0) is 33.1 Å². The quantitative estimate of drug-likeness (QED) is 0.676. The monoisotopic (exact) mass is 422 g/mol. The van der Waals surface area contributed by atoms with E-state index >= 15 is 0 Å². The number of aromatic nitrogens is 6. The van der Waals surface area contributed by atoms with Crippen molar-refractivity contribution < 1.29 is 9.57 Å². The van der Waals surface area contributed by atoms with Gasteiger partial charge in [0.25, 0.3) is 0 Å². The molecule has 3 atom stereocenters. The Morgan fingerprint density at radius 3 is 2.71 bits per heavy atom. The fourth-order valence-electron chi connectivity index (χ4n) is 5.51. The summed E-state index contributed by atoms with van der Waals surface area (Å²) in [5.74, 6) is 1.95. The van der Waals surface area contributed by atoms with Crippen LogP contribution < -0.4 is 5.73 Å². The molecule has 0 aliphatic carbocycles. The number of nitrogens with zero attached hydrogens (tertiary/aromatic N) is 7. The molecule has 2 fully saturated rings. The summed E-state index contributed by atoms with van der Waals surface area (Å²) in [6.45, 7) is 5.44. The third-order valence-corrected chi connectivity index (χ3v) is 6.90. The first-order valence-corrected chi connectivity index (χ1v) is 10.8. The maximum atomic E-state index is 6.00. The highest BCUT2D eigenvalue weighted by molar-refractivity contribution is 5.78. The van der Waals surface area contributed by atoms with E-state index in [2.05, 4.69) is 33.4 Å². The lowest BCUT2D eigenvalue weighted by Crippen LogP contribution is -2.33. The molecule has 162 valence electrons. The minimum Gasteiger partial charge on any atom is -0.368 e. The Kier molecular flexibility index (Phi) is 4.08. The minimum absolute atomic E-state index is 0.231. The summed E-state index contributed by atoms with van der Waals surface area (Å²) < 4.78 is 8.18. The number of nitrogen functional groups attached to an aromatic ring is 1. The molecule has 0 saturated carbocycles. The van der Waals surface area contributed by atoms with Gasteiger partial charge in [0.15, 0.2) is 11.5 Å². The number of ether oxygens (including phenoxy) is 1. The van der Waals surface area contributed by atoms with Gasteiger partial charge >= 0.3 is 0 Å². The molecule has 10 heteroatoms. The molecule has 3 aromatic rings. The summed E-state index contributed by atoms with van der Waals surface area (Å²) in [5.41, 5.74) is 8.64. The van der Waals surface area contributed by atoms with Crippen LogP contribution in [0.4, 0.5) is 5.95 Å². The van der Waals surface area contributed by atoms with Gasteiger partial charge in [-0.1, -0.05) is 0 Å². The molecule has 3 aliphatic heterocycles. The van der Waals surface area contributed by atoms with Crippen LogP contribution in [0, 0.1) is 0 Å². The average molecular weight is 422 g/mol. The number of hydrogen-bond acceptors (Lipinski definition) is 9. The van der Waals surface area contributed by atoms with Crippen LogP contribution in [-0.2, 0) is 21.7 Å². The van der Waals surface area contributed by atoms with Crippen LogP contribution >= 0.6 is 0 Å². The van der Waals surface area contributed by atoms with Crippen molar-refractivity contribution in [2.45, 2.75) is 63.3 Å². The van der Waals surface area contributed by atoms with Crippen molar-refractivity contribution in [2.75, 3.05) is 19.5 Å². The fraction of sp³-hybridized carbons (Fsp3) is 0.571. The zero-order chi connectivity index (χ0) is 21.3. The molecule has 10 nitrogen and oxygen atoms in total. The molecule has 3 unspecified atom stereocenters. The van der Waals surface area contributed by atoms with Crippen molar-refractivity contribution in [2.24, 2.45) is 0 Å². The molecule has 2 N–H and O–H groups in total. The molecule has 2 saturated heterocycles. The largest absolute Gasteiger partial charge is 0.368 e. The lowest BCUT2D eigenvalue weighted by Gasteiger charge is -2.30. The molecule has 6 heterocycles. The Morgan fingerprint density at radius 2 is 1.97 bits per heavy atom. The second kappa shape index (κ2) is 6.65. The molecular formula is C21H26N8O2. The molecule has 3 aromatic heterocycles. The van der Waals surface area contributed by atoms with Crippen LogP contribution in [0.3, 0.4) is 0 Å². The summed E-state index contributed by atoms with van der Waals surface area (Å²) in [5, 5.41) is 2.15. The van der Waals surface area contributed by atoms with Gasteiger partial charge in [-0.15, -0.1) is 0 Å². The molecule has 0 radical (unpaired) electrons. The van der Waals surface area contributed by atoms with E-state index in [1.807, 2.05) is 0 Å². The number of anilines is 1. The van der Waals surface area contributed by atoms with E-state index in [9.17, 15) is 0 Å². The highest BCUT2D eigenvalue weighted by atomic mass is 16.7. The van der Waals surface area contributed by atoms with E-state index in [0.29, 0.717) is 31.1 Å². The van der Waals surface area contributed by atoms with E-state index in [1.165, 1.54) is 0 Å². The van der Waals surface area contributed by atoms with Crippen LogP contribution in [0.5, 0.6) is 0 Å². The molecule has 6 rings (SSSR count). The number of hydroxylamine groups is 2. The first kappa shape index (κ1) is 19.0. The molecular weight excluding hydrogens is 396 g/mol. The molecule has 31 heavy (non-hydrogen) atoms. The van der Waals surface area contributed by atoms with Crippen LogP contribution in [-0.4, -0.2) is 60.4 Å². The van der Waals surface area contributed by atoms with Crippen molar-refractivity contribution >= 4 is 17.1 Å². The molecule has 0 aromatic carbocycles. The topological polar surface area (TPSA) is 117 Å². The fourth-order valence-corrected chi connectivity index (χ4v) is 5.51. The Hall–Kier alpha value is -2.69. The van der Waals surface area contributed by atoms with Gasteiger partial charge in [0, 0.05) is 36.9 Å². The Labute approximate surface area is 179 Å². The Balaban J connectivity index is 1.57. The summed E-state index contributed by atoms with van der Waals surface area (Å²) in [4.78, 5) is 29.0. The average Bonchev–Trinajstić information content (AvgIpc) is 3.44. The summed E-state index contributed by atoms with van der Waals surface area (Å²) in [7, 11) is 1.76. The zero-order valence-corrected chi connectivity index (χ0v) is 17.9. The zero-order valence-electron chi connectivity index (χ0n) is 17.9. The maximum Gasteiger partial charge on any atom is 0.219 e. The summed E-state index contributed by atoms with van der Waals surface area (Å²) in [6, 6.07) is 0.719. The number of hydrogen-bond donors (Lipinski definition) is 1. The van der Waals surface area contributed by atoms with Crippen LogP contribution in [0.15, 0.2) is 12.4 Å². The maximum absolute atomic E-state index is 6.00. The molecule has 2 bridgehead atoms. The van der Waals surface area contributed by atoms with Crippen LogP contribution in [0.25, 0.3) is 22.6 Å². The summed E-state index contributed by atoms with van der Waals surface area (Å²) in [6.07, 6.45) is 6.61. The predicted molar refractivity (Wildman–Crippen MR) is 113 cm³/mol. The van der Waals surface area contributed by atoms with Gasteiger partial charge in [-0.2, -0.15) is 5.06 Å². The predicted octanol–water partition coefficient (Wildman–Crippen LogP) is 2.01. The SMILES string of the molecule is CON1C2CCC1C(c1nc(-c3cnc(N)nc3)nc3c1nc1n3CCOC1(C)C)C2. The minimum atomic E-state index is -0.478. The number of imidazole rings is 1. The van der Waals surface area contributed by atoms with E-state index in [0.717, 1.165) is 47.5 Å². The van der Waals surface area contributed by atoms with Crippen LogP contribution in [0.1, 0.15) is 50.5 Å². The van der Waals surface area contributed by atoms with Gasteiger partial charge < -0.3 is 19.9 Å². The highest BCUT2D eigenvalue weighted by Gasteiger charge is 2.49. The van der Waals surface area contributed by atoms with Gasteiger partial charge in [-0.3, -0.25) is 0 Å². The first-order chi connectivity index (χ1) is 15.0. The van der Waals surface area contributed by atoms with Crippen molar-refractivity contribution in [3.63, 3.8) is 0 Å². The third-order valence-electron chi connectivity index (χ3n) is 6.90.